The number of hydrogen-bond donors (Lipinski definition) is 3. The summed E-state index contributed by atoms with van der Waals surface area (Å²) in [5.41, 5.74) is 0. The predicted octanol–water partition coefficient (Wildman–Crippen LogP) is 0.398. The summed E-state index contributed by atoms with van der Waals surface area (Å²) < 4.78 is 35.6. The van der Waals surface area contributed by atoms with E-state index in [0.29, 0.717) is 19.8 Å². The van der Waals surface area contributed by atoms with E-state index in [2.05, 4.69) is 12.2 Å². The molecule has 0 aliphatic carbocycles. The Bertz CT molecular complexity index is 208. The van der Waals surface area contributed by atoms with Crippen molar-refractivity contribution >= 4 is 0 Å². The third kappa shape index (κ3) is 12.4. The molecule has 0 aliphatic rings. The van der Waals surface area contributed by atoms with Crippen LogP contribution >= 0.6 is 0 Å². The van der Waals surface area contributed by atoms with Gasteiger partial charge in [0.25, 0.3) is 5.92 Å². The molecule has 116 valence electrons. The van der Waals surface area contributed by atoms with Gasteiger partial charge in [0.05, 0.1) is 32.5 Å². The van der Waals surface area contributed by atoms with Crippen LogP contribution in [0.2, 0.25) is 0 Å². The predicted molar refractivity (Wildman–Crippen MR) is 67.5 cm³/mol. The fraction of sp³-hybridized carbons (Fsp3) is 1.00. The zero-order chi connectivity index (χ0) is 14.6. The number of hydrogen-bond acceptors (Lipinski definition) is 5. The Morgan fingerprint density at radius 2 is 1.89 bits per heavy atom. The Kier molecular flexibility index (Phi) is 11.3. The molecular formula is C12H25F2NO4. The largest absolute Gasteiger partial charge is 0.390 e. The minimum atomic E-state index is -3.16. The van der Waals surface area contributed by atoms with E-state index < -0.39 is 25.2 Å². The smallest absolute Gasteiger partial charge is 0.282 e. The van der Waals surface area contributed by atoms with Gasteiger partial charge in [-0.05, 0) is 6.42 Å². The number of ether oxygens (including phenoxy) is 2. The van der Waals surface area contributed by atoms with Gasteiger partial charge >= 0.3 is 0 Å². The molecule has 19 heavy (non-hydrogen) atoms. The quantitative estimate of drug-likeness (QED) is 0.427. The first kappa shape index (κ1) is 18.7. The zero-order valence-electron chi connectivity index (χ0n) is 11.4. The van der Waals surface area contributed by atoms with Crippen LogP contribution in [0, 0.1) is 0 Å². The standard InChI is InChI=1S/C12H25F2NO4/c1-2-3-4-18-5-6-19-8-11(17)7-15-9-12(13,14)10-16/h11,15-17H,2-10H2,1H3. The number of aliphatic hydroxyl groups is 2. The van der Waals surface area contributed by atoms with E-state index >= 15 is 0 Å². The minimum Gasteiger partial charge on any atom is -0.390 e. The molecule has 0 spiro atoms. The van der Waals surface area contributed by atoms with Crippen LogP contribution in [0.5, 0.6) is 0 Å². The van der Waals surface area contributed by atoms with Crippen molar-refractivity contribution in [3.63, 3.8) is 0 Å². The highest BCUT2D eigenvalue weighted by Gasteiger charge is 2.27. The van der Waals surface area contributed by atoms with Crippen molar-refractivity contribution < 1.29 is 28.5 Å². The highest BCUT2D eigenvalue weighted by Crippen LogP contribution is 2.09. The van der Waals surface area contributed by atoms with Crippen LogP contribution in [0.15, 0.2) is 0 Å². The van der Waals surface area contributed by atoms with Gasteiger partial charge < -0.3 is 25.0 Å². The molecule has 0 aromatic rings. The van der Waals surface area contributed by atoms with Crippen LogP contribution < -0.4 is 5.32 Å². The molecule has 0 aromatic heterocycles. The van der Waals surface area contributed by atoms with Gasteiger partial charge in [-0.25, -0.2) is 8.78 Å². The Hall–Kier alpha value is -0.340. The fourth-order valence-electron chi connectivity index (χ4n) is 1.22. The maximum Gasteiger partial charge on any atom is 0.282 e. The van der Waals surface area contributed by atoms with E-state index in [1.54, 1.807) is 0 Å². The fourth-order valence-corrected chi connectivity index (χ4v) is 1.22. The Labute approximate surface area is 112 Å². The second-order valence-electron chi connectivity index (χ2n) is 4.34. The van der Waals surface area contributed by atoms with Gasteiger partial charge in [0.2, 0.25) is 0 Å². The number of halogens is 2. The summed E-state index contributed by atoms with van der Waals surface area (Å²) >= 11 is 0. The van der Waals surface area contributed by atoms with Gasteiger partial charge in [0.15, 0.2) is 0 Å². The third-order valence-electron chi connectivity index (χ3n) is 2.32. The van der Waals surface area contributed by atoms with E-state index in [4.69, 9.17) is 14.6 Å². The lowest BCUT2D eigenvalue weighted by molar-refractivity contribution is -0.0508. The normalized spacial score (nSPS) is 13.7. The average molecular weight is 285 g/mol. The second kappa shape index (κ2) is 11.5. The summed E-state index contributed by atoms with van der Waals surface area (Å²) in [6.07, 6.45) is 1.22. The van der Waals surface area contributed by atoms with Crippen molar-refractivity contribution in [3.05, 3.63) is 0 Å². The van der Waals surface area contributed by atoms with E-state index in [0.717, 1.165) is 12.8 Å². The molecule has 0 fully saturated rings. The van der Waals surface area contributed by atoms with Crippen LogP contribution in [0.4, 0.5) is 8.78 Å². The van der Waals surface area contributed by atoms with Gasteiger partial charge in [-0.1, -0.05) is 13.3 Å². The number of aliphatic hydroxyl groups excluding tert-OH is 2. The first-order valence-corrected chi connectivity index (χ1v) is 6.54. The van der Waals surface area contributed by atoms with Gasteiger partial charge in [0, 0.05) is 13.2 Å². The highest BCUT2D eigenvalue weighted by molar-refractivity contribution is 4.69. The second-order valence-corrected chi connectivity index (χ2v) is 4.34. The van der Waals surface area contributed by atoms with Crippen molar-refractivity contribution in [3.8, 4) is 0 Å². The summed E-state index contributed by atoms with van der Waals surface area (Å²) in [7, 11) is 0. The Morgan fingerprint density at radius 1 is 1.21 bits per heavy atom. The van der Waals surface area contributed by atoms with Crippen molar-refractivity contribution in [1.82, 2.24) is 5.32 Å². The van der Waals surface area contributed by atoms with E-state index in [1.807, 2.05) is 0 Å². The lowest BCUT2D eigenvalue weighted by Crippen LogP contribution is -2.40. The molecule has 1 atom stereocenters. The van der Waals surface area contributed by atoms with E-state index in [-0.39, 0.29) is 13.2 Å². The molecule has 0 amide bonds. The first-order valence-electron chi connectivity index (χ1n) is 6.54. The van der Waals surface area contributed by atoms with Crippen LogP contribution in [-0.2, 0) is 9.47 Å². The van der Waals surface area contributed by atoms with Crippen LogP contribution in [-0.4, -0.2) is 68.4 Å². The first-order chi connectivity index (χ1) is 9.02. The third-order valence-corrected chi connectivity index (χ3v) is 2.32. The average Bonchev–Trinajstić information content (AvgIpc) is 2.37. The molecular weight excluding hydrogens is 260 g/mol. The molecule has 0 aromatic carbocycles. The molecule has 7 heteroatoms. The Balaban J connectivity index is 3.33. The van der Waals surface area contributed by atoms with E-state index in [9.17, 15) is 13.9 Å². The number of rotatable bonds is 13. The van der Waals surface area contributed by atoms with Gasteiger partial charge in [-0.3, -0.25) is 0 Å². The molecule has 1 unspecified atom stereocenters. The van der Waals surface area contributed by atoms with Gasteiger partial charge in [-0.2, -0.15) is 0 Å². The van der Waals surface area contributed by atoms with Crippen molar-refractivity contribution in [2.24, 2.45) is 0 Å². The molecule has 0 saturated heterocycles. The summed E-state index contributed by atoms with van der Waals surface area (Å²) in [6, 6.07) is 0. The molecule has 0 saturated carbocycles. The van der Waals surface area contributed by atoms with E-state index in [1.165, 1.54) is 0 Å². The summed E-state index contributed by atoms with van der Waals surface area (Å²) in [6.45, 7) is 1.78. The minimum absolute atomic E-state index is 0.00766. The topological polar surface area (TPSA) is 71.0 Å². The molecule has 5 nitrogen and oxygen atoms in total. The van der Waals surface area contributed by atoms with Crippen LogP contribution in [0.1, 0.15) is 19.8 Å². The summed E-state index contributed by atoms with van der Waals surface area (Å²) in [5.74, 6) is -3.16. The monoisotopic (exact) mass is 285 g/mol. The maximum atomic E-state index is 12.6. The zero-order valence-corrected chi connectivity index (χ0v) is 11.4. The van der Waals surface area contributed by atoms with Gasteiger partial charge in [-0.15, -0.1) is 0 Å². The molecule has 0 aliphatic heterocycles. The summed E-state index contributed by atoms with van der Waals surface area (Å²) in [4.78, 5) is 0. The Morgan fingerprint density at radius 3 is 2.53 bits per heavy atom. The molecule has 0 rings (SSSR count). The lowest BCUT2D eigenvalue weighted by atomic mass is 10.3. The number of nitrogens with one attached hydrogen (secondary N) is 1. The van der Waals surface area contributed by atoms with Crippen molar-refractivity contribution in [2.75, 3.05) is 46.1 Å². The van der Waals surface area contributed by atoms with Crippen LogP contribution in [0.3, 0.4) is 0 Å². The SMILES string of the molecule is CCCCOCCOCC(O)CNCC(F)(F)CO. The molecule has 0 heterocycles. The number of alkyl halides is 2. The highest BCUT2D eigenvalue weighted by atomic mass is 19.3. The maximum absolute atomic E-state index is 12.6. The molecule has 0 bridgehead atoms. The van der Waals surface area contributed by atoms with Gasteiger partial charge in [0.1, 0.15) is 6.61 Å². The molecule has 3 N–H and O–H groups in total. The molecule has 0 radical (unpaired) electrons. The summed E-state index contributed by atoms with van der Waals surface area (Å²) in [5, 5.41) is 20.1. The van der Waals surface area contributed by atoms with Crippen LogP contribution in [0.25, 0.3) is 0 Å². The van der Waals surface area contributed by atoms with Crippen molar-refractivity contribution in [1.29, 1.82) is 0 Å². The lowest BCUT2D eigenvalue weighted by Gasteiger charge is -2.16. The van der Waals surface area contributed by atoms with Crippen molar-refractivity contribution in [2.45, 2.75) is 31.8 Å². The number of unbranched alkanes of at least 4 members (excludes halogenated alkanes) is 1.